The number of carbonyl (C=O) groups is 3. The van der Waals surface area contributed by atoms with Gasteiger partial charge in [0.1, 0.15) is 11.8 Å². The maximum absolute atomic E-state index is 11.8. The Morgan fingerprint density at radius 3 is 2.82 bits per heavy atom. The van der Waals surface area contributed by atoms with Gasteiger partial charge in [0, 0.05) is 12.5 Å². The number of piperidine rings is 1. The number of amides is 1. The van der Waals surface area contributed by atoms with Gasteiger partial charge in [0.15, 0.2) is 0 Å². The highest BCUT2D eigenvalue weighted by Crippen LogP contribution is 2.35. The first-order chi connectivity index (χ1) is 8.04. The Balaban J connectivity index is 2.20. The quantitative estimate of drug-likeness (QED) is 0.520. The average Bonchev–Trinajstić information content (AvgIpc) is 2.54. The van der Waals surface area contributed by atoms with Gasteiger partial charge in [0.2, 0.25) is 5.91 Å². The van der Waals surface area contributed by atoms with Gasteiger partial charge >= 0.3 is 5.97 Å². The van der Waals surface area contributed by atoms with Crippen LogP contribution in [-0.2, 0) is 19.1 Å². The molecule has 0 aromatic carbocycles. The van der Waals surface area contributed by atoms with Crippen LogP contribution >= 0.6 is 0 Å². The molecule has 0 spiro atoms. The van der Waals surface area contributed by atoms with Crippen molar-refractivity contribution in [2.75, 3.05) is 6.61 Å². The second kappa shape index (κ2) is 4.47. The minimum atomic E-state index is -0.499. The number of nitrogens with zero attached hydrogens (tertiary/aromatic N) is 1. The van der Waals surface area contributed by atoms with Gasteiger partial charge in [-0.15, -0.1) is 0 Å². The zero-order valence-electron chi connectivity index (χ0n) is 10.1. The molecule has 1 amide bonds. The Hall–Kier alpha value is -1.39. The summed E-state index contributed by atoms with van der Waals surface area (Å²) in [6.45, 7) is 3.99. The lowest BCUT2D eigenvalue weighted by molar-refractivity contribution is -0.158. The molecule has 2 saturated heterocycles. The molecule has 0 saturated carbocycles. The molecule has 2 rings (SSSR count). The monoisotopic (exact) mass is 239 g/mol. The fourth-order valence-electron chi connectivity index (χ4n) is 2.88. The fraction of sp³-hybridized carbons (Fsp3) is 0.750. The third kappa shape index (κ3) is 2.06. The van der Waals surface area contributed by atoms with Crippen molar-refractivity contribution < 1.29 is 19.1 Å². The van der Waals surface area contributed by atoms with Crippen molar-refractivity contribution >= 4 is 17.7 Å². The molecule has 2 aliphatic heterocycles. The summed E-state index contributed by atoms with van der Waals surface area (Å²) in [5.74, 6) is -0.527. The van der Waals surface area contributed by atoms with Crippen LogP contribution in [-0.4, -0.2) is 41.3 Å². The Morgan fingerprint density at radius 2 is 2.18 bits per heavy atom. The molecule has 0 aromatic heterocycles. The molecule has 5 heteroatoms. The second-order valence-corrected chi connectivity index (χ2v) is 4.78. The molecule has 3 atom stereocenters. The number of ether oxygens (including phenoxy) is 1. The number of esters is 1. The zero-order chi connectivity index (χ0) is 12.6. The molecule has 17 heavy (non-hydrogen) atoms. The van der Waals surface area contributed by atoms with Gasteiger partial charge in [-0.2, -0.15) is 0 Å². The normalized spacial score (nSPS) is 32.6. The van der Waals surface area contributed by atoms with Crippen molar-refractivity contribution in [3.05, 3.63) is 0 Å². The second-order valence-electron chi connectivity index (χ2n) is 4.78. The first kappa shape index (κ1) is 12.1. The van der Waals surface area contributed by atoms with Crippen LogP contribution in [0.25, 0.3) is 0 Å². The molecular formula is C12H17NO4. The number of carbonyl (C=O) groups excluding carboxylic acids is 3. The standard InChI is InChI=1S/C12H17NO4/c1-3-17-12(16)11-7(2)4-8-5-9(14)6-10(15)13(8)11/h7-8,11H,3-6H2,1-2H3. The molecule has 2 aliphatic rings. The average molecular weight is 239 g/mol. The van der Waals surface area contributed by atoms with E-state index in [0.717, 1.165) is 0 Å². The molecule has 94 valence electrons. The predicted octanol–water partition coefficient (Wildman–Crippen LogP) is 0.518. The highest BCUT2D eigenvalue weighted by atomic mass is 16.5. The van der Waals surface area contributed by atoms with E-state index in [4.69, 9.17) is 4.74 Å². The Bertz CT molecular complexity index is 366. The van der Waals surface area contributed by atoms with Crippen LogP contribution in [0.4, 0.5) is 0 Å². The van der Waals surface area contributed by atoms with E-state index >= 15 is 0 Å². The summed E-state index contributed by atoms with van der Waals surface area (Å²) in [6.07, 6.45) is 1.02. The summed E-state index contributed by atoms with van der Waals surface area (Å²) >= 11 is 0. The zero-order valence-corrected chi connectivity index (χ0v) is 10.1. The molecule has 0 radical (unpaired) electrons. The van der Waals surface area contributed by atoms with E-state index in [2.05, 4.69) is 0 Å². The van der Waals surface area contributed by atoms with Gasteiger partial charge < -0.3 is 9.64 Å². The lowest BCUT2D eigenvalue weighted by atomic mass is 9.98. The minimum absolute atomic E-state index is 0.0204. The lowest BCUT2D eigenvalue weighted by Crippen LogP contribution is -2.50. The molecule has 5 nitrogen and oxygen atoms in total. The summed E-state index contributed by atoms with van der Waals surface area (Å²) in [4.78, 5) is 36.6. The van der Waals surface area contributed by atoms with E-state index < -0.39 is 6.04 Å². The third-order valence-electron chi connectivity index (χ3n) is 3.50. The van der Waals surface area contributed by atoms with Gasteiger partial charge in [-0.1, -0.05) is 6.92 Å². The van der Waals surface area contributed by atoms with Crippen LogP contribution < -0.4 is 0 Å². The van der Waals surface area contributed by atoms with E-state index in [1.165, 1.54) is 0 Å². The van der Waals surface area contributed by atoms with Crippen molar-refractivity contribution in [1.29, 1.82) is 0 Å². The Morgan fingerprint density at radius 1 is 1.47 bits per heavy atom. The van der Waals surface area contributed by atoms with Crippen LogP contribution in [0, 0.1) is 5.92 Å². The van der Waals surface area contributed by atoms with Crippen LogP contribution in [0.5, 0.6) is 0 Å². The molecule has 0 aromatic rings. The van der Waals surface area contributed by atoms with Gasteiger partial charge in [0.25, 0.3) is 0 Å². The maximum atomic E-state index is 11.8. The fourth-order valence-corrected chi connectivity index (χ4v) is 2.88. The Labute approximate surface area is 100 Å². The van der Waals surface area contributed by atoms with Crippen LogP contribution in [0.2, 0.25) is 0 Å². The van der Waals surface area contributed by atoms with E-state index in [9.17, 15) is 14.4 Å². The Kier molecular flexibility index (Phi) is 3.17. The van der Waals surface area contributed by atoms with Crippen LogP contribution in [0.15, 0.2) is 0 Å². The molecule has 0 N–H and O–H groups in total. The van der Waals surface area contributed by atoms with E-state index in [0.29, 0.717) is 19.4 Å². The number of fused-ring (bicyclic) bond motifs is 1. The summed E-state index contributed by atoms with van der Waals surface area (Å²) in [5, 5.41) is 0. The summed E-state index contributed by atoms with van der Waals surface area (Å²) in [5.41, 5.74) is 0. The number of rotatable bonds is 2. The van der Waals surface area contributed by atoms with Gasteiger partial charge in [-0.3, -0.25) is 9.59 Å². The van der Waals surface area contributed by atoms with Crippen molar-refractivity contribution in [3.8, 4) is 0 Å². The van der Waals surface area contributed by atoms with Crippen LogP contribution in [0.1, 0.15) is 33.1 Å². The number of hydrogen-bond donors (Lipinski definition) is 0. The van der Waals surface area contributed by atoms with Crippen molar-refractivity contribution in [3.63, 3.8) is 0 Å². The molecule has 0 aliphatic carbocycles. The molecule has 3 unspecified atom stereocenters. The van der Waals surface area contributed by atoms with E-state index in [1.54, 1.807) is 11.8 Å². The van der Waals surface area contributed by atoms with Gasteiger partial charge in [-0.05, 0) is 19.3 Å². The maximum Gasteiger partial charge on any atom is 0.329 e. The molecule has 0 bridgehead atoms. The molecular weight excluding hydrogens is 222 g/mol. The number of Topliss-reactive ketones (excluding diaryl/α,β-unsaturated/α-hetero) is 1. The number of hydrogen-bond acceptors (Lipinski definition) is 4. The predicted molar refractivity (Wildman–Crippen MR) is 59.1 cm³/mol. The first-order valence-electron chi connectivity index (χ1n) is 6.04. The van der Waals surface area contributed by atoms with Gasteiger partial charge in [0.05, 0.1) is 13.0 Å². The minimum Gasteiger partial charge on any atom is -0.464 e. The van der Waals surface area contributed by atoms with Crippen molar-refractivity contribution in [1.82, 2.24) is 4.90 Å². The molecule has 2 heterocycles. The van der Waals surface area contributed by atoms with Crippen molar-refractivity contribution in [2.24, 2.45) is 5.92 Å². The first-order valence-corrected chi connectivity index (χ1v) is 6.04. The van der Waals surface area contributed by atoms with Crippen LogP contribution in [0.3, 0.4) is 0 Å². The summed E-state index contributed by atoms with van der Waals surface area (Å²) < 4.78 is 5.00. The van der Waals surface area contributed by atoms with E-state index in [1.807, 2.05) is 6.92 Å². The topological polar surface area (TPSA) is 63.7 Å². The van der Waals surface area contributed by atoms with Crippen molar-refractivity contribution in [2.45, 2.75) is 45.2 Å². The smallest absolute Gasteiger partial charge is 0.329 e. The lowest BCUT2D eigenvalue weighted by Gasteiger charge is -2.32. The number of ketones is 1. The molecule has 2 fully saturated rings. The summed E-state index contributed by atoms with van der Waals surface area (Å²) in [6, 6.07) is -0.603. The largest absolute Gasteiger partial charge is 0.464 e. The highest BCUT2D eigenvalue weighted by molar-refractivity contribution is 6.02. The highest BCUT2D eigenvalue weighted by Gasteiger charge is 2.49. The third-order valence-corrected chi connectivity index (χ3v) is 3.50. The summed E-state index contributed by atoms with van der Waals surface area (Å²) in [7, 11) is 0. The SMILES string of the molecule is CCOC(=O)C1C(C)CC2CC(=O)CC(=O)N21. The van der Waals surface area contributed by atoms with E-state index in [-0.39, 0.29) is 36.0 Å². The van der Waals surface area contributed by atoms with Gasteiger partial charge in [-0.25, -0.2) is 4.79 Å².